The van der Waals surface area contributed by atoms with Crippen LogP contribution in [-0.2, 0) is 4.79 Å². The molecule has 0 fully saturated rings. The van der Waals surface area contributed by atoms with Crippen molar-refractivity contribution >= 4 is 17.7 Å². The molecule has 0 radical (unpaired) electrons. The molecule has 0 aromatic carbocycles. The lowest BCUT2D eigenvalue weighted by Crippen LogP contribution is -2.43. The third kappa shape index (κ3) is 7.68. The van der Waals surface area contributed by atoms with Crippen LogP contribution in [-0.4, -0.2) is 29.0 Å². The SMILES string of the molecule is CCC(C)(C)NC(=O)CSC(C)CCN. The number of hydrogen-bond donors (Lipinski definition) is 2. The fraction of sp³-hybridized carbons (Fsp3) is 0.909. The molecule has 0 spiro atoms. The number of carbonyl (C=O) groups excluding carboxylic acids is 1. The molecule has 0 aliphatic heterocycles. The second-order valence-electron chi connectivity index (χ2n) is 4.48. The van der Waals surface area contributed by atoms with Crippen molar-refractivity contribution in [3.63, 3.8) is 0 Å². The minimum atomic E-state index is -0.0885. The van der Waals surface area contributed by atoms with Gasteiger partial charge in [-0.2, -0.15) is 0 Å². The standard InChI is InChI=1S/C11H24N2OS/c1-5-11(3,4)13-10(14)8-15-9(2)6-7-12/h9H,5-8,12H2,1-4H3,(H,13,14). The van der Waals surface area contributed by atoms with Crippen LogP contribution in [0.3, 0.4) is 0 Å². The molecule has 0 aliphatic rings. The van der Waals surface area contributed by atoms with Gasteiger partial charge in [0.2, 0.25) is 5.91 Å². The molecule has 1 unspecified atom stereocenters. The molecule has 1 amide bonds. The van der Waals surface area contributed by atoms with Gasteiger partial charge in [-0.3, -0.25) is 4.79 Å². The molecule has 0 aliphatic carbocycles. The molecule has 4 heteroatoms. The Hall–Kier alpha value is -0.220. The normalized spacial score (nSPS) is 13.7. The van der Waals surface area contributed by atoms with E-state index in [1.54, 1.807) is 11.8 Å². The Labute approximate surface area is 97.6 Å². The Morgan fingerprint density at radius 2 is 2.13 bits per heavy atom. The molecule has 0 heterocycles. The Kier molecular flexibility index (Phi) is 7.02. The van der Waals surface area contributed by atoms with E-state index in [0.717, 1.165) is 12.8 Å². The first kappa shape index (κ1) is 14.8. The quantitative estimate of drug-likeness (QED) is 0.703. The molecule has 3 nitrogen and oxygen atoms in total. The van der Waals surface area contributed by atoms with E-state index in [9.17, 15) is 4.79 Å². The van der Waals surface area contributed by atoms with E-state index in [1.165, 1.54) is 0 Å². The summed E-state index contributed by atoms with van der Waals surface area (Å²) in [4.78, 5) is 11.6. The summed E-state index contributed by atoms with van der Waals surface area (Å²) in [6, 6.07) is 0. The van der Waals surface area contributed by atoms with Crippen LogP contribution >= 0.6 is 11.8 Å². The molecule has 0 aromatic heterocycles. The van der Waals surface area contributed by atoms with Crippen LogP contribution < -0.4 is 11.1 Å². The largest absolute Gasteiger partial charge is 0.351 e. The number of rotatable bonds is 7. The van der Waals surface area contributed by atoms with Gasteiger partial charge in [0.05, 0.1) is 5.75 Å². The minimum Gasteiger partial charge on any atom is -0.351 e. The predicted octanol–water partition coefficient (Wildman–Crippen LogP) is 1.76. The second kappa shape index (κ2) is 7.12. The first-order valence-electron chi connectivity index (χ1n) is 5.54. The number of thioether (sulfide) groups is 1. The van der Waals surface area contributed by atoms with Crippen LogP contribution in [0.15, 0.2) is 0 Å². The third-order valence-corrected chi connectivity index (χ3v) is 3.67. The smallest absolute Gasteiger partial charge is 0.230 e. The summed E-state index contributed by atoms with van der Waals surface area (Å²) in [5, 5.41) is 3.48. The van der Waals surface area contributed by atoms with Crippen LogP contribution in [0, 0.1) is 0 Å². The van der Waals surface area contributed by atoms with Gasteiger partial charge in [0.15, 0.2) is 0 Å². The van der Waals surface area contributed by atoms with Gasteiger partial charge in [0.1, 0.15) is 0 Å². The fourth-order valence-electron chi connectivity index (χ4n) is 1.04. The maximum absolute atomic E-state index is 11.6. The zero-order chi connectivity index (χ0) is 11.9. The molecule has 1 atom stereocenters. The van der Waals surface area contributed by atoms with E-state index >= 15 is 0 Å². The maximum atomic E-state index is 11.6. The maximum Gasteiger partial charge on any atom is 0.230 e. The van der Waals surface area contributed by atoms with Gasteiger partial charge < -0.3 is 11.1 Å². The number of nitrogens with one attached hydrogen (secondary N) is 1. The molecule has 0 bridgehead atoms. The first-order chi connectivity index (χ1) is 6.91. The lowest BCUT2D eigenvalue weighted by Gasteiger charge is -2.24. The van der Waals surface area contributed by atoms with E-state index in [-0.39, 0.29) is 11.4 Å². The zero-order valence-corrected chi connectivity index (χ0v) is 11.1. The van der Waals surface area contributed by atoms with Gasteiger partial charge in [-0.15, -0.1) is 11.8 Å². The molecule has 0 saturated carbocycles. The van der Waals surface area contributed by atoms with Crippen molar-refractivity contribution < 1.29 is 4.79 Å². The summed E-state index contributed by atoms with van der Waals surface area (Å²) in [5.74, 6) is 0.653. The van der Waals surface area contributed by atoms with Gasteiger partial charge in [0, 0.05) is 10.8 Å². The summed E-state index contributed by atoms with van der Waals surface area (Å²) in [6.45, 7) is 8.95. The van der Waals surface area contributed by atoms with Crippen molar-refractivity contribution in [3.8, 4) is 0 Å². The summed E-state index contributed by atoms with van der Waals surface area (Å²) in [7, 11) is 0. The molecular weight excluding hydrogens is 208 g/mol. The third-order valence-electron chi connectivity index (χ3n) is 2.43. The van der Waals surface area contributed by atoms with Crippen molar-refractivity contribution in [1.82, 2.24) is 5.32 Å². The van der Waals surface area contributed by atoms with E-state index in [4.69, 9.17) is 5.73 Å². The van der Waals surface area contributed by atoms with E-state index in [2.05, 4.69) is 19.2 Å². The van der Waals surface area contributed by atoms with E-state index in [0.29, 0.717) is 17.5 Å². The number of nitrogens with two attached hydrogens (primary N) is 1. The molecule has 3 N–H and O–H groups in total. The highest BCUT2D eigenvalue weighted by Crippen LogP contribution is 2.14. The van der Waals surface area contributed by atoms with Gasteiger partial charge >= 0.3 is 0 Å². The molecule has 0 saturated heterocycles. The highest BCUT2D eigenvalue weighted by molar-refractivity contribution is 8.00. The number of amides is 1. The van der Waals surface area contributed by atoms with Crippen molar-refractivity contribution in [1.29, 1.82) is 0 Å². The second-order valence-corrected chi connectivity index (χ2v) is 5.91. The lowest BCUT2D eigenvalue weighted by molar-refractivity contribution is -0.120. The van der Waals surface area contributed by atoms with Crippen LogP contribution in [0.4, 0.5) is 0 Å². The summed E-state index contributed by atoms with van der Waals surface area (Å²) in [5.41, 5.74) is 5.36. The van der Waals surface area contributed by atoms with Crippen LogP contribution in [0.2, 0.25) is 0 Å². The summed E-state index contributed by atoms with van der Waals surface area (Å²) in [6.07, 6.45) is 1.91. The number of hydrogen-bond acceptors (Lipinski definition) is 3. The van der Waals surface area contributed by atoms with Crippen molar-refractivity contribution in [2.45, 2.75) is 51.3 Å². The van der Waals surface area contributed by atoms with Gasteiger partial charge in [-0.25, -0.2) is 0 Å². The van der Waals surface area contributed by atoms with Gasteiger partial charge in [0.25, 0.3) is 0 Å². The zero-order valence-electron chi connectivity index (χ0n) is 10.3. The molecule has 90 valence electrons. The summed E-state index contributed by atoms with van der Waals surface area (Å²) < 4.78 is 0. The van der Waals surface area contributed by atoms with Crippen LogP contribution in [0.25, 0.3) is 0 Å². The molecule has 0 rings (SSSR count). The van der Waals surface area contributed by atoms with Gasteiger partial charge in [-0.05, 0) is 33.2 Å². The minimum absolute atomic E-state index is 0.0885. The Balaban J connectivity index is 3.75. The molecular formula is C11H24N2OS. The fourth-order valence-corrected chi connectivity index (χ4v) is 1.85. The highest BCUT2D eigenvalue weighted by Gasteiger charge is 2.17. The Morgan fingerprint density at radius 1 is 1.53 bits per heavy atom. The topological polar surface area (TPSA) is 55.1 Å². The molecule has 0 aromatic rings. The van der Waals surface area contributed by atoms with E-state index < -0.39 is 0 Å². The Bertz CT molecular complexity index is 195. The average Bonchev–Trinajstić information content (AvgIpc) is 2.15. The van der Waals surface area contributed by atoms with Crippen LogP contribution in [0.5, 0.6) is 0 Å². The van der Waals surface area contributed by atoms with Crippen molar-refractivity contribution in [2.24, 2.45) is 5.73 Å². The van der Waals surface area contributed by atoms with E-state index in [1.807, 2.05) is 13.8 Å². The molecule has 15 heavy (non-hydrogen) atoms. The average molecular weight is 232 g/mol. The monoisotopic (exact) mass is 232 g/mol. The number of carbonyl (C=O) groups is 1. The van der Waals surface area contributed by atoms with Crippen molar-refractivity contribution in [2.75, 3.05) is 12.3 Å². The lowest BCUT2D eigenvalue weighted by atomic mass is 10.0. The van der Waals surface area contributed by atoms with Crippen LogP contribution in [0.1, 0.15) is 40.5 Å². The Morgan fingerprint density at radius 3 is 2.60 bits per heavy atom. The first-order valence-corrected chi connectivity index (χ1v) is 6.59. The highest BCUT2D eigenvalue weighted by atomic mass is 32.2. The van der Waals surface area contributed by atoms with Gasteiger partial charge in [-0.1, -0.05) is 13.8 Å². The predicted molar refractivity (Wildman–Crippen MR) is 68.1 cm³/mol. The summed E-state index contributed by atoms with van der Waals surface area (Å²) >= 11 is 1.67. The van der Waals surface area contributed by atoms with Crippen molar-refractivity contribution in [3.05, 3.63) is 0 Å².